The van der Waals surface area contributed by atoms with Crippen LogP contribution in [0.25, 0.3) is 0 Å². The predicted molar refractivity (Wildman–Crippen MR) is 119 cm³/mol. The Morgan fingerprint density at radius 2 is 1.70 bits per heavy atom. The molecule has 4 rings (SSSR count). The Hall–Kier alpha value is -1.64. The minimum Gasteiger partial charge on any atom is -0.406 e. The molecule has 0 aromatic heterocycles. The van der Waals surface area contributed by atoms with E-state index in [0.29, 0.717) is 22.9 Å². The summed E-state index contributed by atoms with van der Waals surface area (Å²) in [6, 6.07) is 5.92. The van der Waals surface area contributed by atoms with Crippen LogP contribution in [0.5, 0.6) is 5.75 Å². The second kappa shape index (κ2) is 9.92. The highest BCUT2D eigenvalue weighted by molar-refractivity contribution is 5.80. The number of benzene rings is 1. The number of piperidine rings is 2. The number of hydrogen-bond donors (Lipinski definition) is 2. The van der Waals surface area contributed by atoms with Crippen LogP contribution in [-0.2, 0) is 4.79 Å². The summed E-state index contributed by atoms with van der Waals surface area (Å²) in [6.07, 6.45) is 3.57. The van der Waals surface area contributed by atoms with Crippen LogP contribution in [0.2, 0.25) is 0 Å². The molecule has 1 aromatic carbocycles. The molecule has 2 N–H and O–H groups in total. The highest BCUT2D eigenvalue weighted by Gasteiger charge is 2.54. The minimum absolute atomic E-state index is 0.0184. The third-order valence-electron chi connectivity index (χ3n) is 7.99. The summed E-state index contributed by atoms with van der Waals surface area (Å²) in [6.45, 7) is 3.22. The number of quaternary nitrogens is 1. The van der Waals surface area contributed by atoms with E-state index in [2.05, 4.69) is 10.1 Å². The fourth-order valence-corrected chi connectivity index (χ4v) is 6.43. The Bertz CT molecular complexity index is 811. The Labute approximate surface area is 193 Å². The first kappa shape index (κ1) is 24.5. The number of likely N-dealkylation sites (tertiary alicyclic amines) is 1. The fourth-order valence-electron chi connectivity index (χ4n) is 6.43. The van der Waals surface area contributed by atoms with Crippen molar-refractivity contribution < 1.29 is 32.3 Å². The molecule has 0 bridgehead atoms. The van der Waals surface area contributed by atoms with Gasteiger partial charge in [0.15, 0.2) is 0 Å². The number of aliphatic hydroxyl groups is 1. The second-order valence-electron chi connectivity index (χ2n) is 10.1. The maximum Gasteiger partial charge on any atom is 0.573 e. The molecular weight excluding hydrogens is 433 g/mol. The summed E-state index contributed by atoms with van der Waals surface area (Å²) in [7, 11) is 0. The predicted octanol–water partition coefficient (Wildman–Crippen LogP) is 4.64. The third kappa shape index (κ3) is 5.38. The van der Waals surface area contributed by atoms with Crippen LogP contribution >= 0.6 is 0 Å². The van der Waals surface area contributed by atoms with E-state index in [1.165, 1.54) is 18.2 Å². The van der Waals surface area contributed by atoms with Crippen molar-refractivity contribution >= 4 is 5.91 Å². The van der Waals surface area contributed by atoms with Crippen LogP contribution < -0.4 is 10.1 Å². The Morgan fingerprint density at radius 1 is 1.06 bits per heavy atom. The van der Waals surface area contributed by atoms with Crippen LogP contribution in [0.3, 0.4) is 0 Å². The van der Waals surface area contributed by atoms with Gasteiger partial charge in [-0.25, -0.2) is 4.79 Å². The second-order valence-corrected chi connectivity index (χ2v) is 10.1. The van der Waals surface area contributed by atoms with Gasteiger partial charge in [0.2, 0.25) is 0 Å². The van der Waals surface area contributed by atoms with E-state index >= 15 is 0 Å². The minimum atomic E-state index is -4.81. The van der Waals surface area contributed by atoms with Crippen molar-refractivity contribution in [3.05, 3.63) is 29.8 Å². The van der Waals surface area contributed by atoms with E-state index in [9.17, 15) is 23.1 Å². The van der Waals surface area contributed by atoms with Crippen LogP contribution in [-0.4, -0.2) is 59.7 Å². The average molecular weight is 470 g/mol. The third-order valence-corrected chi connectivity index (χ3v) is 7.99. The van der Waals surface area contributed by atoms with Gasteiger partial charge in [-0.2, -0.15) is 0 Å². The van der Waals surface area contributed by atoms with Crippen molar-refractivity contribution in [3.8, 4) is 5.75 Å². The van der Waals surface area contributed by atoms with E-state index in [1.807, 2.05) is 0 Å². The number of carbonyl (C=O) groups is 1. The van der Waals surface area contributed by atoms with Crippen LogP contribution in [0.4, 0.5) is 13.2 Å². The molecule has 1 amide bonds. The van der Waals surface area contributed by atoms with Gasteiger partial charge in [-0.3, -0.25) is 4.48 Å². The van der Waals surface area contributed by atoms with Gasteiger partial charge >= 0.3 is 12.3 Å². The van der Waals surface area contributed by atoms with Crippen molar-refractivity contribution in [3.63, 3.8) is 0 Å². The fraction of sp³-hybridized carbons (Fsp3) is 0.720. The molecule has 33 heavy (non-hydrogen) atoms. The summed E-state index contributed by atoms with van der Waals surface area (Å²) in [5.74, 6) is -1.22. The largest absolute Gasteiger partial charge is 0.573 e. The molecule has 3 aliphatic rings. The van der Waals surface area contributed by atoms with Crippen molar-refractivity contribution in [1.82, 2.24) is 5.32 Å². The molecular formula is C25H36F3N2O3+. The maximum atomic E-state index is 14.5. The van der Waals surface area contributed by atoms with E-state index in [0.717, 1.165) is 77.5 Å². The van der Waals surface area contributed by atoms with E-state index < -0.39 is 17.9 Å². The number of ether oxygens (including phenoxy) is 1. The first-order valence-electron chi connectivity index (χ1n) is 12.4. The first-order chi connectivity index (χ1) is 15.7. The Morgan fingerprint density at radius 3 is 2.33 bits per heavy atom. The van der Waals surface area contributed by atoms with E-state index in [-0.39, 0.29) is 17.7 Å². The van der Waals surface area contributed by atoms with Crippen molar-refractivity contribution in [1.29, 1.82) is 0 Å². The maximum absolute atomic E-state index is 14.5. The normalized spacial score (nSPS) is 24.7. The molecule has 0 unspecified atom stereocenters. The molecule has 5 nitrogen and oxygen atoms in total. The number of amides is 1. The van der Waals surface area contributed by atoms with Gasteiger partial charge in [0.1, 0.15) is 11.7 Å². The Kier molecular flexibility index (Phi) is 7.36. The molecule has 0 radical (unpaired) electrons. The summed E-state index contributed by atoms with van der Waals surface area (Å²) in [4.78, 5) is 14.5. The number of hydrogen-bond acceptors (Lipinski definition) is 4. The van der Waals surface area contributed by atoms with Crippen LogP contribution in [0.15, 0.2) is 24.3 Å². The zero-order chi connectivity index (χ0) is 23.5. The zero-order valence-corrected chi connectivity index (χ0v) is 19.2. The Balaban J connectivity index is 1.76. The molecule has 2 aliphatic heterocycles. The van der Waals surface area contributed by atoms with Gasteiger partial charge in [0.05, 0.1) is 24.7 Å². The lowest BCUT2D eigenvalue weighted by atomic mass is 9.71. The van der Waals surface area contributed by atoms with Crippen molar-refractivity contribution in [2.24, 2.45) is 0 Å². The van der Waals surface area contributed by atoms with Crippen molar-refractivity contribution in [2.45, 2.75) is 88.1 Å². The number of nitrogens with zero attached hydrogens (tertiary/aromatic N) is 1. The van der Waals surface area contributed by atoms with Gasteiger partial charge < -0.3 is 15.2 Å². The molecule has 0 spiro atoms. The summed E-state index contributed by atoms with van der Waals surface area (Å²) < 4.78 is 43.2. The van der Waals surface area contributed by atoms with Gasteiger partial charge in [-0.05, 0) is 49.8 Å². The van der Waals surface area contributed by atoms with Crippen molar-refractivity contribution in [2.75, 3.05) is 26.2 Å². The molecule has 1 atom stereocenters. The van der Waals surface area contributed by atoms with E-state index in [1.54, 1.807) is 6.07 Å². The highest BCUT2D eigenvalue weighted by atomic mass is 19.4. The smallest absolute Gasteiger partial charge is 0.406 e. The molecule has 3 fully saturated rings. The highest BCUT2D eigenvalue weighted by Crippen LogP contribution is 2.45. The zero-order valence-electron chi connectivity index (χ0n) is 19.2. The van der Waals surface area contributed by atoms with Gasteiger partial charge in [0, 0.05) is 25.9 Å². The quantitative estimate of drug-likeness (QED) is 0.617. The first-order valence-corrected chi connectivity index (χ1v) is 12.4. The van der Waals surface area contributed by atoms with E-state index in [4.69, 9.17) is 0 Å². The number of alkyl halides is 3. The molecule has 2 heterocycles. The number of rotatable bonds is 5. The molecule has 8 heteroatoms. The summed E-state index contributed by atoms with van der Waals surface area (Å²) >= 11 is 0. The summed E-state index contributed by atoms with van der Waals surface area (Å²) in [5, 5.41) is 15.2. The molecule has 2 saturated heterocycles. The topological polar surface area (TPSA) is 58.6 Å². The molecule has 1 aromatic rings. The lowest BCUT2D eigenvalue weighted by Gasteiger charge is -2.50. The monoisotopic (exact) mass is 469 g/mol. The lowest BCUT2D eigenvalue weighted by molar-refractivity contribution is -0.886. The molecule has 184 valence electrons. The number of nitrogens with one attached hydrogen (secondary N) is 1. The van der Waals surface area contributed by atoms with Gasteiger partial charge in [0.25, 0.3) is 0 Å². The molecule has 1 saturated carbocycles. The van der Waals surface area contributed by atoms with Gasteiger partial charge in [-0.1, -0.05) is 31.4 Å². The average Bonchev–Trinajstić information content (AvgIpc) is 2.80. The van der Waals surface area contributed by atoms with Crippen LogP contribution in [0, 0.1) is 0 Å². The SMILES string of the molecule is O=C([C@H](c1cccc(OC(F)(F)F)c1)C1(O)CCCCC1)[N+]1(C2CCNCC2)CCCCC1. The standard InChI is InChI=1S/C25H36F3N2O3/c26-25(27,28)33-21-9-7-8-19(18-21)22(24(32)12-3-1-4-13-24)23(31)30(16-5-2-6-17-30)20-10-14-29-15-11-20/h7-9,18,20,22,29,32H,1-6,10-17H2/q+1/t22-/m0/s1. The summed E-state index contributed by atoms with van der Waals surface area (Å²) in [5.41, 5.74) is -0.815. The van der Waals surface area contributed by atoms with Crippen LogP contribution in [0.1, 0.15) is 75.7 Å². The lowest BCUT2D eigenvalue weighted by Crippen LogP contribution is -2.66. The van der Waals surface area contributed by atoms with Gasteiger partial charge in [-0.15, -0.1) is 13.2 Å². The molecule has 1 aliphatic carbocycles. The number of carbonyl (C=O) groups excluding carboxylic acids is 1. The number of halogens is 3.